The van der Waals surface area contributed by atoms with Crippen LogP contribution < -0.4 is 0 Å². The highest BCUT2D eigenvalue weighted by atomic mass is 15.5. The molecule has 0 atom stereocenters. The average Bonchev–Trinajstić information content (AvgIpc) is 2.85. The number of aromatic nitrogens is 6. The van der Waals surface area contributed by atoms with E-state index in [9.17, 15) is 0 Å². The van der Waals surface area contributed by atoms with Gasteiger partial charge in [0.1, 0.15) is 5.52 Å². The normalized spacial score (nSPS) is 11.5. The fraction of sp³-hybridized carbons (Fsp3) is 0. The first-order valence-electron chi connectivity index (χ1n) is 5.15. The molecule has 2 aromatic heterocycles. The minimum Gasteiger partial charge on any atom is -0.173 e. The monoisotopic (exact) mass is 222 g/mol. The van der Waals surface area contributed by atoms with Crippen molar-refractivity contribution in [1.29, 1.82) is 0 Å². The number of tetrazole rings is 1. The summed E-state index contributed by atoms with van der Waals surface area (Å²) in [6.07, 6.45) is 0. The van der Waals surface area contributed by atoms with E-state index in [1.54, 1.807) is 4.52 Å². The Morgan fingerprint density at radius 2 is 1.71 bits per heavy atom. The largest absolute Gasteiger partial charge is 0.292 e. The minimum atomic E-state index is 0.410. The lowest BCUT2D eigenvalue weighted by Crippen LogP contribution is -1.96. The maximum absolute atomic E-state index is 4.12. The molecular weight excluding hydrogens is 216 g/mol. The Hall–Kier alpha value is -2.63. The third-order valence-corrected chi connectivity index (χ3v) is 2.77. The Morgan fingerprint density at radius 3 is 2.59 bits per heavy atom. The van der Waals surface area contributed by atoms with Gasteiger partial charge in [0.15, 0.2) is 0 Å². The van der Waals surface area contributed by atoms with E-state index in [-0.39, 0.29) is 0 Å². The van der Waals surface area contributed by atoms with Crippen molar-refractivity contribution in [2.45, 2.75) is 0 Å². The SMILES string of the molecule is c1ccc2cc3c(cc2c1)nnc1nnnn13. The second-order valence-electron chi connectivity index (χ2n) is 3.78. The molecular formula is C11H6N6. The van der Waals surface area contributed by atoms with Crippen molar-refractivity contribution >= 4 is 27.6 Å². The molecule has 0 spiro atoms. The minimum absolute atomic E-state index is 0.410. The third kappa shape index (κ3) is 1.12. The number of benzene rings is 2. The Balaban J connectivity index is 2.29. The molecule has 17 heavy (non-hydrogen) atoms. The molecule has 0 radical (unpaired) electrons. The zero-order valence-electron chi connectivity index (χ0n) is 8.65. The molecule has 4 aromatic rings. The lowest BCUT2D eigenvalue weighted by Gasteiger charge is -2.01. The average molecular weight is 222 g/mol. The molecule has 0 fully saturated rings. The number of hydrogen-bond donors (Lipinski definition) is 0. The second-order valence-corrected chi connectivity index (χ2v) is 3.78. The van der Waals surface area contributed by atoms with Crippen LogP contribution in [0.5, 0.6) is 0 Å². The highest BCUT2D eigenvalue weighted by Gasteiger charge is 2.06. The predicted molar refractivity (Wildman–Crippen MR) is 61.4 cm³/mol. The van der Waals surface area contributed by atoms with Gasteiger partial charge in [-0.2, -0.15) is 4.52 Å². The number of fused-ring (bicyclic) bond motifs is 4. The van der Waals surface area contributed by atoms with E-state index >= 15 is 0 Å². The van der Waals surface area contributed by atoms with Gasteiger partial charge in [-0.3, -0.25) is 0 Å². The molecule has 0 bridgehead atoms. The molecule has 80 valence electrons. The van der Waals surface area contributed by atoms with Crippen molar-refractivity contribution in [3.63, 3.8) is 0 Å². The van der Waals surface area contributed by atoms with Gasteiger partial charge in [-0.15, -0.1) is 10.2 Å². The summed E-state index contributed by atoms with van der Waals surface area (Å²) < 4.78 is 1.59. The van der Waals surface area contributed by atoms with Crippen molar-refractivity contribution in [1.82, 2.24) is 30.2 Å². The molecule has 0 N–H and O–H groups in total. The fourth-order valence-electron chi connectivity index (χ4n) is 1.97. The summed E-state index contributed by atoms with van der Waals surface area (Å²) >= 11 is 0. The van der Waals surface area contributed by atoms with Crippen molar-refractivity contribution in [3.8, 4) is 0 Å². The molecule has 0 amide bonds. The van der Waals surface area contributed by atoms with Crippen LogP contribution in [0.3, 0.4) is 0 Å². The van der Waals surface area contributed by atoms with Gasteiger partial charge in [0, 0.05) is 0 Å². The Bertz CT molecular complexity index is 850. The molecule has 2 aromatic carbocycles. The summed E-state index contributed by atoms with van der Waals surface area (Å²) in [5.41, 5.74) is 1.64. The molecule has 4 rings (SSSR count). The van der Waals surface area contributed by atoms with Gasteiger partial charge in [0.25, 0.3) is 5.78 Å². The van der Waals surface area contributed by atoms with Crippen LogP contribution >= 0.6 is 0 Å². The Kier molecular flexibility index (Phi) is 1.47. The van der Waals surface area contributed by atoms with E-state index in [4.69, 9.17) is 0 Å². The Labute approximate surface area is 94.9 Å². The molecule has 0 aliphatic heterocycles. The first kappa shape index (κ1) is 8.51. The number of rotatable bonds is 0. The van der Waals surface area contributed by atoms with Crippen molar-refractivity contribution in [3.05, 3.63) is 36.4 Å². The van der Waals surface area contributed by atoms with E-state index in [0.29, 0.717) is 5.78 Å². The lowest BCUT2D eigenvalue weighted by atomic mass is 10.1. The molecule has 2 heterocycles. The third-order valence-electron chi connectivity index (χ3n) is 2.77. The Morgan fingerprint density at radius 1 is 0.882 bits per heavy atom. The zero-order chi connectivity index (χ0) is 11.2. The van der Waals surface area contributed by atoms with Crippen LogP contribution in [0, 0.1) is 0 Å². The van der Waals surface area contributed by atoms with Gasteiger partial charge in [-0.25, -0.2) is 0 Å². The summed E-state index contributed by atoms with van der Waals surface area (Å²) in [5.74, 6) is 0.410. The maximum atomic E-state index is 4.12. The number of hydrogen-bond acceptors (Lipinski definition) is 5. The molecule has 0 saturated heterocycles. The summed E-state index contributed by atoms with van der Waals surface area (Å²) in [6, 6.07) is 12.1. The van der Waals surface area contributed by atoms with Crippen LogP contribution in [-0.2, 0) is 0 Å². The topological polar surface area (TPSA) is 68.9 Å². The summed E-state index contributed by atoms with van der Waals surface area (Å²) in [7, 11) is 0. The van der Waals surface area contributed by atoms with E-state index in [0.717, 1.165) is 21.8 Å². The van der Waals surface area contributed by atoms with Gasteiger partial charge >= 0.3 is 0 Å². The number of nitrogens with zero attached hydrogens (tertiary/aromatic N) is 6. The van der Waals surface area contributed by atoms with Crippen LogP contribution in [0.2, 0.25) is 0 Å². The molecule has 0 aliphatic rings. The van der Waals surface area contributed by atoms with Crippen LogP contribution in [0.1, 0.15) is 0 Å². The quantitative estimate of drug-likeness (QED) is 0.418. The molecule has 6 nitrogen and oxygen atoms in total. The molecule has 0 aliphatic carbocycles. The van der Waals surface area contributed by atoms with Gasteiger partial charge in [0.05, 0.1) is 5.52 Å². The lowest BCUT2D eigenvalue weighted by molar-refractivity contribution is 0.837. The molecule has 6 heteroatoms. The van der Waals surface area contributed by atoms with Crippen molar-refractivity contribution < 1.29 is 0 Å². The first-order valence-corrected chi connectivity index (χ1v) is 5.15. The van der Waals surface area contributed by atoms with Crippen LogP contribution in [0.25, 0.3) is 27.6 Å². The second kappa shape index (κ2) is 2.94. The van der Waals surface area contributed by atoms with Gasteiger partial charge < -0.3 is 0 Å². The van der Waals surface area contributed by atoms with Gasteiger partial charge in [-0.1, -0.05) is 29.4 Å². The standard InChI is InChI=1S/C11H6N6/c1-2-4-8-6-10-9(5-7(8)3-1)12-13-11-14-15-16-17(10)11/h1-6H. The summed E-state index contributed by atoms with van der Waals surface area (Å²) in [5, 5.41) is 21.6. The molecule has 0 unspecified atom stereocenters. The zero-order valence-corrected chi connectivity index (χ0v) is 8.65. The van der Waals surface area contributed by atoms with Crippen molar-refractivity contribution in [2.75, 3.05) is 0 Å². The first-order chi connectivity index (χ1) is 8.42. The highest BCUT2D eigenvalue weighted by molar-refractivity contribution is 5.95. The maximum Gasteiger partial charge on any atom is 0.292 e. The van der Waals surface area contributed by atoms with Crippen LogP contribution in [-0.4, -0.2) is 30.2 Å². The van der Waals surface area contributed by atoms with E-state index in [1.807, 2.05) is 36.4 Å². The molecule has 0 saturated carbocycles. The highest BCUT2D eigenvalue weighted by Crippen LogP contribution is 2.20. The van der Waals surface area contributed by atoms with E-state index in [2.05, 4.69) is 25.7 Å². The van der Waals surface area contributed by atoms with E-state index < -0.39 is 0 Å². The van der Waals surface area contributed by atoms with Gasteiger partial charge in [0.2, 0.25) is 0 Å². The van der Waals surface area contributed by atoms with Crippen molar-refractivity contribution in [2.24, 2.45) is 0 Å². The predicted octanol–water partition coefficient (Wildman–Crippen LogP) is 1.22. The van der Waals surface area contributed by atoms with Gasteiger partial charge in [-0.05, 0) is 33.3 Å². The smallest absolute Gasteiger partial charge is 0.173 e. The fourth-order valence-corrected chi connectivity index (χ4v) is 1.97. The van der Waals surface area contributed by atoms with Crippen LogP contribution in [0.4, 0.5) is 0 Å². The summed E-state index contributed by atoms with van der Waals surface area (Å²) in [6.45, 7) is 0. The van der Waals surface area contributed by atoms with Crippen LogP contribution in [0.15, 0.2) is 36.4 Å². The van der Waals surface area contributed by atoms with E-state index in [1.165, 1.54) is 0 Å². The summed E-state index contributed by atoms with van der Waals surface area (Å²) in [4.78, 5) is 0.